The molecule has 0 unspecified atom stereocenters. The van der Waals surface area contributed by atoms with Crippen molar-refractivity contribution in [2.75, 3.05) is 43.1 Å². The summed E-state index contributed by atoms with van der Waals surface area (Å²) >= 11 is 0. The summed E-state index contributed by atoms with van der Waals surface area (Å²) in [5.41, 5.74) is 0.906. The minimum absolute atomic E-state index is 0.0962. The number of amides is 1. The van der Waals surface area contributed by atoms with Crippen molar-refractivity contribution in [3.8, 4) is 11.5 Å². The first-order valence-electron chi connectivity index (χ1n) is 12.3. The quantitative estimate of drug-likeness (QED) is 0.188. The smallest absolute Gasteiger partial charge is 0.296 e. The van der Waals surface area contributed by atoms with Crippen LogP contribution >= 0.6 is 0 Å². The number of hydrogen-bond donors (Lipinski definition) is 3. The molecule has 0 aliphatic rings. The summed E-state index contributed by atoms with van der Waals surface area (Å²) in [6.07, 6.45) is 1.02. The number of likely N-dealkylation sites (N-methyl/N-ethyl adjacent to an activating group) is 1. The molecule has 0 aromatic heterocycles. The van der Waals surface area contributed by atoms with Crippen LogP contribution in [0, 0.1) is 0 Å². The Morgan fingerprint density at radius 1 is 0.974 bits per heavy atom. The summed E-state index contributed by atoms with van der Waals surface area (Å²) in [5.74, 6) is -0.919. The van der Waals surface area contributed by atoms with Crippen LogP contribution in [0.25, 0.3) is 10.8 Å². The number of hydrogen-bond acceptors (Lipinski definition) is 7. The van der Waals surface area contributed by atoms with Gasteiger partial charge in [-0.1, -0.05) is 52.0 Å². The van der Waals surface area contributed by atoms with E-state index in [1.54, 1.807) is 36.4 Å². The Balaban J connectivity index is 1.98. The van der Waals surface area contributed by atoms with Gasteiger partial charge in [0.25, 0.3) is 11.7 Å². The number of ether oxygens (including phenoxy) is 2. The van der Waals surface area contributed by atoms with Crippen LogP contribution in [0.15, 0.2) is 48.5 Å². The van der Waals surface area contributed by atoms with Crippen molar-refractivity contribution < 1.29 is 27.5 Å². The van der Waals surface area contributed by atoms with Crippen LogP contribution in [0.4, 0.5) is 11.4 Å². The number of carbonyl (C=O) groups is 2. The first-order chi connectivity index (χ1) is 17.9. The van der Waals surface area contributed by atoms with Crippen molar-refractivity contribution in [2.24, 2.45) is 0 Å². The third kappa shape index (κ3) is 7.02. The van der Waals surface area contributed by atoms with E-state index in [-0.39, 0.29) is 28.1 Å². The Kier molecular flexibility index (Phi) is 9.01. The number of benzene rings is 3. The Labute approximate surface area is 224 Å². The molecule has 3 aromatic carbocycles. The zero-order valence-corrected chi connectivity index (χ0v) is 23.4. The fourth-order valence-corrected chi connectivity index (χ4v) is 4.51. The summed E-state index contributed by atoms with van der Waals surface area (Å²) in [4.78, 5) is 26.6. The molecule has 9 nitrogen and oxygen atoms in total. The fraction of sp³-hybridized carbons (Fsp3) is 0.357. The normalized spacial score (nSPS) is 11.7. The maximum absolute atomic E-state index is 13.4. The second-order valence-electron chi connectivity index (χ2n) is 9.87. The molecule has 3 rings (SSSR count). The molecule has 204 valence electrons. The molecule has 0 heterocycles. The molecule has 0 saturated carbocycles. The van der Waals surface area contributed by atoms with Crippen LogP contribution in [-0.4, -0.2) is 53.2 Å². The van der Waals surface area contributed by atoms with Crippen LogP contribution in [0.1, 0.15) is 43.6 Å². The molecule has 3 N–H and O–H groups in total. The highest BCUT2D eigenvalue weighted by Gasteiger charge is 2.25. The van der Waals surface area contributed by atoms with Gasteiger partial charge in [-0.3, -0.25) is 14.3 Å². The number of anilines is 2. The van der Waals surface area contributed by atoms with E-state index in [0.717, 1.165) is 23.8 Å². The van der Waals surface area contributed by atoms with Gasteiger partial charge in [0.2, 0.25) is 10.0 Å². The van der Waals surface area contributed by atoms with Crippen molar-refractivity contribution in [1.82, 2.24) is 5.32 Å². The summed E-state index contributed by atoms with van der Waals surface area (Å²) in [7, 11) is -2.28. The van der Waals surface area contributed by atoms with E-state index < -0.39 is 21.7 Å². The minimum atomic E-state index is -3.64. The summed E-state index contributed by atoms with van der Waals surface area (Å²) in [6.45, 7) is 9.83. The molecule has 0 aliphatic heterocycles. The Bertz CT molecular complexity index is 1440. The highest BCUT2D eigenvalue weighted by atomic mass is 32.2. The molecule has 1 amide bonds. The van der Waals surface area contributed by atoms with E-state index in [2.05, 4.69) is 15.4 Å². The number of ketones is 1. The Morgan fingerprint density at radius 2 is 1.63 bits per heavy atom. The molecule has 0 saturated heterocycles. The number of sulfonamides is 1. The number of Topliss-reactive ketones (excluding diaryl/α,β-unsaturated/α-hetero) is 1. The van der Waals surface area contributed by atoms with Gasteiger partial charge in [0, 0.05) is 17.5 Å². The molecule has 0 radical (unpaired) electrons. The lowest BCUT2D eigenvalue weighted by Crippen LogP contribution is -2.24. The van der Waals surface area contributed by atoms with Crippen molar-refractivity contribution >= 4 is 43.9 Å². The van der Waals surface area contributed by atoms with Crippen molar-refractivity contribution in [1.29, 1.82) is 0 Å². The Hall–Kier alpha value is -3.63. The van der Waals surface area contributed by atoms with Crippen molar-refractivity contribution in [3.63, 3.8) is 0 Å². The summed E-state index contributed by atoms with van der Waals surface area (Å²) in [6, 6.07) is 13.8. The lowest BCUT2D eigenvalue weighted by molar-refractivity contribution is -0.112. The SMILES string of the molecule is CCNCCOc1ccc(C(=O)C(=O)Nc2cc(C(C)(C)C)cc(NS(C)(=O)=O)c2OC)c2ccccc12. The topological polar surface area (TPSA) is 123 Å². The van der Waals surface area contributed by atoms with Gasteiger partial charge < -0.3 is 20.1 Å². The number of fused-ring (bicyclic) bond motifs is 1. The Morgan fingerprint density at radius 3 is 2.24 bits per heavy atom. The highest BCUT2D eigenvalue weighted by Crippen LogP contribution is 2.39. The van der Waals surface area contributed by atoms with Crippen LogP contribution in [0.5, 0.6) is 11.5 Å². The minimum Gasteiger partial charge on any atom is -0.492 e. The largest absolute Gasteiger partial charge is 0.492 e. The van der Waals surface area contributed by atoms with Gasteiger partial charge in [0.1, 0.15) is 12.4 Å². The number of rotatable bonds is 11. The van der Waals surface area contributed by atoms with Gasteiger partial charge in [0.05, 0.1) is 24.7 Å². The third-order valence-corrected chi connectivity index (χ3v) is 6.41. The molecule has 0 atom stereocenters. The van der Waals surface area contributed by atoms with Gasteiger partial charge in [-0.05, 0) is 47.2 Å². The molecule has 0 bridgehead atoms. The van der Waals surface area contributed by atoms with Gasteiger partial charge in [-0.25, -0.2) is 8.42 Å². The predicted molar refractivity (Wildman–Crippen MR) is 151 cm³/mol. The standard InChI is InChI=1S/C28H35N3O6S/c1-7-29-14-15-37-24-13-12-21(19-10-8-9-11-20(19)24)25(32)27(33)30-22-16-18(28(2,3)4)17-23(26(22)36-5)31-38(6,34)35/h8-13,16-17,29,31H,7,14-15H2,1-6H3,(H,30,33). The van der Waals surface area contributed by atoms with Gasteiger partial charge >= 0.3 is 0 Å². The molecule has 38 heavy (non-hydrogen) atoms. The number of carbonyl (C=O) groups excluding carboxylic acids is 2. The molecular weight excluding hydrogens is 506 g/mol. The zero-order chi connectivity index (χ0) is 28.1. The predicted octanol–water partition coefficient (Wildman–Crippen LogP) is 4.33. The van der Waals surface area contributed by atoms with E-state index in [4.69, 9.17) is 9.47 Å². The zero-order valence-electron chi connectivity index (χ0n) is 22.6. The molecule has 0 spiro atoms. The van der Waals surface area contributed by atoms with E-state index in [9.17, 15) is 18.0 Å². The van der Waals surface area contributed by atoms with Gasteiger partial charge in [-0.2, -0.15) is 0 Å². The lowest BCUT2D eigenvalue weighted by atomic mass is 9.86. The lowest BCUT2D eigenvalue weighted by Gasteiger charge is -2.23. The number of nitrogens with one attached hydrogen (secondary N) is 3. The van der Waals surface area contributed by atoms with Crippen molar-refractivity contribution in [3.05, 3.63) is 59.7 Å². The van der Waals surface area contributed by atoms with Crippen LogP contribution < -0.4 is 24.8 Å². The second-order valence-corrected chi connectivity index (χ2v) is 11.6. The van der Waals surface area contributed by atoms with Crippen molar-refractivity contribution in [2.45, 2.75) is 33.1 Å². The molecule has 10 heteroatoms. The van der Waals surface area contributed by atoms with Gasteiger partial charge in [0.15, 0.2) is 5.75 Å². The maximum Gasteiger partial charge on any atom is 0.296 e. The van der Waals surface area contributed by atoms with Gasteiger partial charge in [-0.15, -0.1) is 0 Å². The average Bonchev–Trinajstić information content (AvgIpc) is 2.84. The molecule has 3 aromatic rings. The van der Waals surface area contributed by atoms with Crippen LogP contribution in [0.3, 0.4) is 0 Å². The third-order valence-electron chi connectivity index (χ3n) is 5.82. The summed E-state index contributed by atoms with van der Waals surface area (Å²) in [5, 5.41) is 7.13. The first-order valence-corrected chi connectivity index (χ1v) is 14.2. The molecular formula is C28H35N3O6S. The molecule has 0 fully saturated rings. The van der Waals surface area contributed by atoms with E-state index in [0.29, 0.717) is 24.3 Å². The summed E-state index contributed by atoms with van der Waals surface area (Å²) < 4.78 is 37.7. The van der Waals surface area contributed by atoms with Crippen LogP contribution in [-0.2, 0) is 20.2 Å². The maximum atomic E-state index is 13.4. The second kappa shape index (κ2) is 11.8. The highest BCUT2D eigenvalue weighted by molar-refractivity contribution is 7.92. The fourth-order valence-electron chi connectivity index (χ4n) is 3.96. The van der Waals surface area contributed by atoms with E-state index in [1.165, 1.54) is 7.11 Å². The van der Waals surface area contributed by atoms with E-state index >= 15 is 0 Å². The van der Waals surface area contributed by atoms with Crippen LogP contribution in [0.2, 0.25) is 0 Å². The molecule has 0 aliphatic carbocycles. The first kappa shape index (κ1) is 28.9. The monoisotopic (exact) mass is 541 g/mol. The van der Waals surface area contributed by atoms with E-state index in [1.807, 2.05) is 39.8 Å². The number of methoxy groups -OCH3 is 1. The average molecular weight is 542 g/mol.